The Bertz CT molecular complexity index is 1100. The highest BCUT2D eigenvalue weighted by Gasteiger charge is 2.20. The maximum atomic E-state index is 13.4. The number of thiazole rings is 1. The third-order valence-corrected chi connectivity index (χ3v) is 4.68. The highest BCUT2D eigenvalue weighted by Crippen LogP contribution is 2.25. The van der Waals surface area contributed by atoms with Crippen molar-refractivity contribution in [3.05, 3.63) is 59.1 Å². The molecule has 0 fully saturated rings. The zero-order valence-electron chi connectivity index (χ0n) is 14.0. The van der Waals surface area contributed by atoms with Gasteiger partial charge >= 0.3 is 0 Å². The SMILES string of the molecule is Cc1noc(CN(C)C(=O)c2csc3nc(-c4cccc(F)c4)cn23)n1. The quantitative estimate of drug-likeness (QED) is 0.551. The Hall–Kier alpha value is -3.07. The molecule has 0 saturated heterocycles. The topological polar surface area (TPSA) is 76.5 Å². The fourth-order valence-electron chi connectivity index (χ4n) is 2.60. The number of carbonyl (C=O) groups is 1. The van der Waals surface area contributed by atoms with Crippen molar-refractivity contribution in [1.29, 1.82) is 0 Å². The number of benzene rings is 1. The van der Waals surface area contributed by atoms with Crippen LogP contribution in [0, 0.1) is 12.7 Å². The van der Waals surface area contributed by atoms with Gasteiger partial charge in [0, 0.05) is 24.2 Å². The van der Waals surface area contributed by atoms with Crippen LogP contribution in [0.5, 0.6) is 0 Å². The van der Waals surface area contributed by atoms with Crippen molar-refractivity contribution in [3.8, 4) is 11.3 Å². The van der Waals surface area contributed by atoms with Crippen molar-refractivity contribution >= 4 is 22.2 Å². The molecule has 0 aliphatic heterocycles. The molecule has 26 heavy (non-hydrogen) atoms. The molecule has 9 heteroatoms. The predicted molar refractivity (Wildman–Crippen MR) is 93.3 cm³/mol. The molecule has 132 valence electrons. The molecule has 7 nitrogen and oxygen atoms in total. The average molecular weight is 371 g/mol. The number of nitrogens with zero attached hydrogens (tertiary/aromatic N) is 5. The third kappa shape index (κ3) is 2.97. The summed E-state index contributed by atoms with van der Waals surface area (Å²) in [5, 5.41) is 5.46. The molecule has 1 aromatic carbocycles. The Kier molecular flexibility index (Phi) is 4.00. The van der Waals surface area contributed by atoms with E-state index in [0.717, 1.165) is 0 Å². The van der Waals surface area contributed by atoms with Crippen LogP contribution in [0.25, 0.3) is 16.2 Å². The lowest BCUT2D eigenvalue weighted by molar-refractivity contribution is 0.0763. The summed E-state index contributed by atoms with van der Waals surface area (Å²) in [6.45, 7) is 1.93. The molecular weight excluding hydrogens is 357 g/mol. The van der Waals surface area contributed by atoms with E-state index in [4.69, 9.17) is 4.52 Å². The van der Waals surface area contributed by atoms with E-state index in [-0.39, 0.29) is 18.3 Å². The van der Waals surface area contributed by atoms with E-state index in [0.29, 0.717) is 33.6 Å². The summed E-state index contributed by atoms with van der Waals surface area (Å²) in [5.74, 6) is 0.365. The second-order valence-electron chi connectivity index (χ2n) is 5.81. The van der Waals surface area contributed by atoms with Gasteiger partial charge in [0.15, 0.2) is 10.8 Å². The monoisotopic (exact) mass is 371 g/mol. The summed E-state index contributed by atoms with van der Waals surface area (Å²) < 4.78 is 20.2. The largest absolute Gasteiger partial charge is 0.337 e. The molecule has 1 amide bonds. The first-order valence-electron chi connectivity index (χ1n) is 7.78. The van der Waals surface area contributed by atoms with Gasteiger partial charge in [-0.25, -0.2) is 9.37 Å². The lowest BCUT2D eigenvalue weighted by Gasteiger charge is -2.13. The number of imidazole rings is 1. The molecule has 0 aliphatic rings. The number of hydrogen-bond acceptors (Lipinski definition) is 6. The van der Waals surface area contributed by atoms with Gasteiger partial charge in [0.25, 0.3) is 5.91 Å². The van der Waals surface area contributed by atoms with E-state index in [9.17, 15) is 9.18 Å². The number of rotatable bonds is 4. The minimum absolute atomic E-state index is 0.199. The molecule has 4 rings (SSSR count). The number of carbonyl (C=O) groups excluding carboxylic acids is 1. The smallest absolute Gasteiger partial charge is 0.271 e. The standard InChI is InChI=1S/C17H14FN5O2S/c1-10-19-15(25-21-10)8-22(2)16(24)14-9-26-17-20-13(7-23(14)17)11-4-3-5-12(18)6-11/h3-7,9H,8H2,1-2H3. The molecular formula is C17H14FN5O2S. The van der Waals surface area contributed by atoms with Gasteiger partial charge in [-0.15, -0.1) is 11.3 Å². The molecule has 0 radical (unpaired) electrons. The van der Waals surface area contributed by atoms with Crippen LogP contribution in [0.15, 0.2) is 40.4 Å². The van der Waals surface area contributed by atoms with Crippen molar-refractivity contribution in [1.82, 2.24) is 24.4 Å². The highest BCUT2D eigenvalue weighted by molar-refractivity contribution is 7.15. The van der Waals surface area contributed by atoms with Crippen molar-refractivity contribution < 1.29 is 13.7 Å². The number of fused-ring (bicyclic) bond motifs is 1. The van der Waals surface area contributed by atoms with Crippen LogP contribution in [0.3, 0.4) is 0 Å². The average Bonchev–Trinajstić information content (AvgIpc) is 3.29. The van der Waals surface area contributed by atoms with E-state index in [1.807, 2.05) is 0 Å². The lowest BCUT2D eigenvalue weighted by Crippen LogP contribution is -2.27. The molecule has 4 aromatic rings. The van der Waals surface area contributed by atoms with Crippen LogP contribution in [-0.4, -0.2) is 37.4 Å². The Labute approximate surface area is 151 Å². The van der Waals surface area contributed by atoms with Gasteiger partial charge in [0.1, 0.15) is 18.1 Å². The van der Waals surface area contributed by atoms with Crippen molar-refractivity contribution in [2.45, 2.75) is 13.5 Å². The minimum Gasteiger partial charge on any atom is -0.337 e. The van der Waals surface area contributed by atoms with Gasteiger partial charge in [-0.2, -0.15) is 4.98 Å². The zero-order chi connectivity index (χ0) is 18.3. The molecule has 0 N–H and O–H groups in total. The normalized spacial score (nSPS) is 11.2. The number of aryl methyl sites for hydroxylation is 1. The summed E-state index contributed by atoms with van der Waals surface area (Å²) in [6, 6.07) is 6.20. The molecule has 3 aromatic heterocycles. The van der Waals surface area contributed by atoms with E-state index >= 15 is 0 Å². The first kappa shape index (κ1) is 16.4. The molecule has 0 unspecified atom stereocenters. The van der Waals surface area contributed by atoms with Crippen LogP contribution >= 0.6 is 11.3 Å². The molecule has 0 spiro atoms. The van der Waals surface area contributed by atoms with Crippen LogP contribution in [0.4, 0.5) is 4.39 Å². The molecule has 0 aliphatic carbocycles. The van der Waals surface area contributed by atoms with Crippen molar-refractivity contribution in [2.24, 2.45) is 0 Å². The van der Waals surface area contributed by atoms with Gasteiger partial charge in [-0.3, -0.25) is 9.20 Å². The highest BCUT2D eigenvalue weighted by atomic mass is 32.1. The summed E-state index contributed by atoms with van der Waals surface area (Å²) >= 11 is 1.35. The van der Waals surface area contributed by atoms with Gasteiger partial charge < -0.3 is 9.42 Å². The van der Waals surface area contributed by atoms with Gasteiger partial charge in [-0.05, 0) is 19.1 Å². The van der Waals surface area contributed by atoms with Crippen LogP contribution < -0.4 is 0 Å². The fourth-order valence-corrected chi connectivity index (χ4v) is 3.45. The van der Waals surface area contributed by atoms with E-state index in [1.165, 1.54) is 28.4 Å². The van der Waals surface area contributed by atoms with Gasteiger partial charge in [-0.1, -0.05) is 17.3 Å². The first-order valence-corrected chi connectivity index (χ1v) is 8.66. The van der Waals surface area contributed by atoms with E-state index in [2.05, 4.69) is 15.1 Å². The summed E-state index contributed by atoms with van der Waals surface area (Å²) in [4.78, 5) is 23.5. The first-order chi connectivity index (χ1) is 12.5. The minimum atomic E-state index is -0.329. The van der Waals surface area contributed by atoms with E-state index < -0.39 is 0 Å². The number of amides is 1. The van der Waals surface area contributed by atoms with Crippen LogP contribution in [0.2, 0.25) is 0 Å². The number of aromatic nitrogens is 4. The Morgan fingerprint density at radius 1 is 1.38 bits per heavy atom. The van der Waals surface area contributed by atoms with Crippen LogP contribution in [-0.2, 0) is 6.54 Å². The lowest BCUT2D eigenvalue weighted by atomic mass is 10.2. The fraction of sp³-hybridized carbons (Fsp3) is 0.176. The molecule has 3 heterocycles. The second-order valence-corrected chi connectivity index (χ2v) is 6.64. The van der Waals surface area contributed by atoms with Gasteiger partial charge in [0.05, 0.1) is 5.69 Å². The number of hydrogen-bond donors (Lipinski definition) is 0. The predicted octanol–water partition coefficient (Wildman–Crippen LogP) is 3.17. The van der Waals surface area contributed by atoms with Crippen molar-refractivity contribution in [2.75, 3.05) is 7.05 Å². The third-order valence-electron chi connectivity index (χ3n) is 3.84. The molecule has 0 atom stereocenters. The Morgan fingerprint density at radius 2 is 2.23 bits per heavy atom. The number of halogens is 1. The van der Waals surface area contributed by atoms with Crippen LogP contribution in [0.1, 0.15) is 22.2 Å². The maximum absolute atomic E-state index is 13.4. The second kappa shape index (κ2) is 6.34. The van der Waals surface area contributed by atoms with E-state index in [1.54, 1.807) is 42.1 Å². The Morgan fingerprint density at radius 3 is 2.96 bits per heavy atom. The molecule has 0 bridgehead atoms. The van der Waals surface area contributed by atoms with Crippen molar-refractivity contribution in [3.63, 3.8) is 0 Å². The van der Waals surface area contributed by atoms with Gasteiger partial charge in [0.2, 0.25) is 5.89 Å². The maximum Gasteiger partial charge on any atom is 0.271 e. The summed E-state index contributed by atoms with van der Waals surface area (Å²) in [5.41, 5.74) is 1.74. The summed E-state index contributed by atoms with van der Waals surface area (Å²) in [6.07, 6.45) is 1.73. The molecule has 0 saturated carbocycles. The zero-order valence-corrected chi connectivity index (χ0v) is 14.8. The Balaban J connectivity index is 1.63. The summed E-state index contributed by atoms with van der Waals surface area (Å²) in [7, 11) is 1.66.